The lowest BCUT2D eigenvalue weighted by atomic mass is 9.97. The molecule has 0 saturated heterocycles. The summed E-state index contributed by atoms with van der Waals surface area (Å²) in [5.74, 6) is -0.809. The molecule has 140 valence electrons. The van der Waals surface area contributed by atoms with E-state index in [1.165, 1.54) is 0 Å². The Labute approximate surface area is 150 Å². The molecule has 8 heteroatoms. The Balaban J connectivity index is 1.82. The summed E-state index contributed by atoms with van der Waals surface area (Å²) < 4.78 is 10.2. The number of aliphatic hydroxyl groups excluding tert-OH is 1. The summed E-state index contributed by atoms with van der Waals surface area (Å²) in [6, 6.07) is 11.3. The highest BCUT2D eigenvalue weighted by Gasteiger charge is 2.17. The zero-order valence-electron chi connectivity index (χ0n) is 14.4. The molecule has 2 rings (SSSR count). The molecule has 2 aromatic carbocycles. The third-order valence-corrected chi connectivity index (χ3v) is 3.86. The Morgan fingerprint density at radius 3 is 2.54 bits per heavy atom. The van der Waals surface area contributed by atoms with Crippen molar-refractivity contribution in [3.05, 3.63) is 57.6 Å². The Morgan fingerprint density at radius 2 is 1.81 bits per heavy atom. The van der Waals surface area contributed by atoms with Crippen LogP contribution in [-0.4, -0.2) is 42.6 Å². The average molecular weight is 363 g/mol. The van der Waals surface area contributed by atoms with Crippen molar-refractivity contribution in [3.8, 4) is 0 Å². The van der Waals surface area contributed by atoms with Crippen LogP contribution < -0.4 is 0 Å². The van der Waals surface area contributed by atoms with Gasteiger partial charge in [-0.3, -0.25) is 4.79 Å². The normalized spacial score (nSPS) is 11.9. The SMILES string of the molecule is CC(C(=O)OCCOCCO[N+](=O)[O-])c1ccc2cc(CO)ccc2c1. The van der Waals surface area contributed by atoms with Crippen LogP contribution in [0.2, 0.25) is 0 Å². The molecule has 0 radical (unpaired) electrons. The number of esters is 1. The third-order valence-electron chi connectivity index (χ3n) is 3.86. The van der Waals surface area contributed by atoms with Gasteiger partial charge in [-0.2, -0.15) is 0 Å². The van der Waals surface area contributed by atoms with E-state index in [2.05, 4.69) is 4.84 Å². The fourth-order valence-electron chi connectivity index (χ4n) is 2.42. The van der Waals surface area contributed by atoms with Crippen LogP contribution in [0, 0.1) is 10.1 Å². The molecule has 8 nitrogen and oxygen atoms in total. The van der Waals surface area contributed by atoms with Crippen molar-refractivity contribution in [2.45, 2.75) is 19.4 Å². The van der Waals surface area contributed by atoms with Gasteiger partial charge >= 0.3 is 5.97 Å². The summed E-state index contributed by atoms with van der Waals surface area (Å²) in [7, 11) is 0. The minimum absolute atomic E-state index is 0.0132. The fraction of sp³-hybridized carbons (Fsp3) is 0.389. The number of carbonyl (C=O) groups excluding carboxylic acids is 1. The van der Waals surface area contributed by atoms with Gasteiger partial charge in [-0.15, -0.1) is 10.1 Å². The summed E-state index contributed by atoms with van der Waals surface area (Å²) in [4.78, 5) is 26.2. The van der Waals surface area contributed by atoms with E-state index in [0.29, 0.717) is 0 Å². The molecule has 1 N–H and O–H groups in total. The van der Waals surface area contributed by atoms with Crippen molar-refractivity contribution in [2.75, 3.05) is 26.4 Å². The Morgan fingerprint density at radius 1 is 1.12 bits per heavy atom. The molecule has 1 unspecified atom stereocenters. The quantitative estimate of drug-likeness (QED) is 0.298. The van der Waals surface area contributed by atoms with Crippen molar-refractivity contribution in [2.24, 2.45) is 0 Å². The Kier molecular flexibility index (Phi) is 7.31. The molecule has 0 aliphatic heterocycles. The number of carbonyl (C=O) groups is 1. The van der Waals surface area contributed by atoms with Gasteiger partial charge in [0.15, 0.2) is 0 Å². The first kappa shape index (κ1) is 19.6. The van der Waals surface area contributed by atoms with Crippen LogP contribution >= 0.6 is 0 Å². The van der Waals surface area contributed by atoms with E-state index in [0.717, 1.165) is 21.9 Å². The van der Waals surface area contributed by atoms with Crippen molar-refractivity contribution < 1.29 is 29.3 Å². The van der Waals surface area contributed by atoms with Crippen molar-refractivity contribution >= 4 is 16.7 Å². The highest BCUT2D eigenvalue weighted by Crippen LogP contribution is 2.23. The lowest BCUT2D eigenvalue weighted by molar-refractivity contribution is -0.758. The number of hydrogen-bond acceptors (Lipinski definition) is 7. The molecule has 0 aliphatic rings. The van der Waals surface area contributed by atoms with E-state index < -0.39 is 11.0 Å². The second-order valence-corrected chi connectivity index (χ2v) is 5.66. The minimum atomic E-state index is -0.890. The maximum absolute atomic E-state index is 12.1. The smallest absolute Gasteiger partial charge is 0.313 e. The highest BCUT2D eigenvalue weighted by atomic mass is 17.0. The molecule has 0 spiro atoms. The van der Waals surface area contributed by atoms with Gasteiger partial charge in [0.1, 0.15) is 13.2 Å². The van der Waals surface area contributed by atoms with Crippen molar-refractivity contribution in [3.63, 3.8) is 0 Å². The van der Waals surface area contributed by atoms with Gasteiger partial charge in [0.2, 0.25) is 0 Å². The van der Waals surface area contributed by atoms with Crippen molar-refractivity contribution in [1.82, 2.24) is 0 Å². The average Bonchev–Trinajstić information content (AvgIpc) is 2.65. The third kappa shape index (κ3) is 5.68. The number of fused-ring (bicyclic) bond motifs is 1. The molecule has 1 atom stereocenters. The summed E-state index contributed by atoms with van der Waals surface area (Å²) in [5, 5.41) is 20.2. The largest absolute Gasteiger partial charge is 0.463 e. The van der Waals surface area contributed by atoms with Gasteiger partial charge in [-0.05, 0) is 34.9 Å². The summed E-state index contributed by atoms with van der Waals surface area (Å²) in [5.41, 5.74) is 1.67. The van der Waals surface area contributed by atoms with Gasteiger partial charge < -0.3 is 19.4 Å². The summed E-state index contributed by atoms with van der Waals surface area (Å²) >= 11 is 0. The molecule has 0 heterocycles. The van der Waals surface area contributed by atoms with Crippen LogP contribution in [-0.2, 0) is 25.7 Å². The number of hydrogen-bond donors (Lipinski definition) is 1. The van der Waals surface area contributed by atoms with Crippen LogP contribution in [0.3, 0.4) is 0 Å². The molecule has 0 bridgehead atoms. The number of rotatable bonds is 10. The van der Waals surface area contributed by atoms with E-state index in [4.69, 9.17) is 9.47 Å². The lowest BCUT2D eigenvalue weighted by Crippen LogP contribution is -2.17. The Hall–Kier alpha value is -2.71. The number of aliphatic hydroxyl groups is 1. The lowest BCUT2D eigenvalue weighted by Gasteiger charge is -2.13. The highest BCUT2D eigenvalue weighted by molar-refractivity contribution is 5.86. The van der Waals surface area contributed by atoms with Gasteiger partial charge in [0, 0.05) is 0 Å². The maximum atomic E-state index is 12.1. The van der Waals surface area contributed by atoms with E-state index in [-0.39, 0.29) is 39.0 Å². The summed E-state index contributed by atoms with van der Waals surface area (Å²) in [6.07, 6.45) is 0. The van der Waals surface area contributed by atoms with E-state index in [1.807, 2.05) is 36.4 Å². The molecule has 0 fully saturated rings. The monoisotopic (exact) mass is 363 g/mol. The van der Waals surface area contributed by atoms with Gasteiger partial charge in [0.25, 0.3) is 5.09 Å². The Bertz CT molecular complexity index is 762. The van der Waals surface area contributed by atoms with Crippen LogP contribution in [0.5, 0.6) is 0 Å². The zero-order chi connectivity index (χ0) is 18.9. The molecule has 0 amide bonds. The van der Waals surface area contributed by atoms with Crippen molar-refractivity contribution in [1.29, 1.82) is 0 Å². The molecule has 0 aromatic heterocycles. The van der Waals surface area contributed by atoms with Gasteiger partial charge in [0.05, 0.1) is 25.7 Å². The zero-order valence-corrected chi connectivity index (χ0v) is 14.4. The molecular weight excluding hydrogens is 342 g/mol. The van der Waals surface area contributed by atoms with Gasteiger partial charge in [-0.25, -0.2) is 0 Å². The summed E-state index contributed by atoms with van der Waals surface area (Å²) in [6.45, 7) is 1.84. The molecule has 2 aromatic rings. The first-order valence-corrected chi connectivity index (χ1v) is 8.16. The molecule has 26 heavy (non-hydrogen) atoms. The number of nitrogens with zero attached hydrogens (tertiary/aromatic N) is 1. The minimum Gasteiger partial charge on any atom is -0.463 e. The first-order chi connectivity index (χ1) is 12.5. The molecule has 0 aliphatic carbocycles. The van der Waals surface area contributed by atoms with Gasteiger partial charge in [-0.1, -0.05) is 30.3 Å². The first-order valence-electron chi connectivity index (χ1n) is 8.16. The van der Waals surface area contributed by atoms with E-state index in [9.17, 15) is 20.0 Å². The predicted octanol–water partition coefficient (Wildman–Crippen LogP) is 2.20. The number of ether oxygens (including phenoxy) is 2. The van der Waals surface area contributed by atoms with Crippen LogP contribution in [0.4, 0.5) is 0 Å². The van der Waals surface area contributed by atoms with Crippen LogP contribution in [0.1, 0.15) is 24.0 Å². The van der Waals surface area contributed by atoms with Crippen LogP contribution in [0.25, 0.3) is 10.8 Å². The number of benzene rings is 2. The van der Waals surface area contributed by atoms with E-state index in [1.54, 1.807) is 6.92 Å². The molecule has 0 saturated carbocycles. The fourth-order valence-corrected chi connectivity index (χ4v) is 2.42. The maximum Gasteiger partial charge on any atom is 0.313 e. The predicted molar refractivity (Wildman–Crippen MR) is 93.0 cm³/mol. The van der Waals surface area contributed by atoms with E-state index >= 15 is 0 Å². The topological polar surface area (TPSA) is 108 Å². The second kappa shape index (κ2) is 9.69. The standard InChI is InChI=1S/C18H21NO7/c1-13(18(21)25-8-6-24-7-9-26-19(22)23)15-4-5-16-10-14(12-20)2-3-17(16)11-15/h2-5,10-11,13,20H,6-9,12H2,1H3. The van der Waals surface area contributed by atoms with Crippen LogP contribution in [0.15, 0.2) is 36.4 Å². The second-order valence-electron chi connectivity index (χ2n) is 5.66. The molecular formula is C18H21NO7.